The van der Waals surface area contributed by atoms with E-state index in [0.29, 0.717) is 16.7 Å². The van der Waals surface area contributed by atoms with E-state index in [9.17, 15) is 18.0 Å². The molecule has 160 valence electrons. The van der Waals surface area contributed by atoms with Gasteiger partial charge >= 0.3 is 6.18 Å². The van der Waals surface area contributed by atoms with E-state index in [1.165, 1.54) is 24.9 Å². The summed E-state index contributed by atoms with van der Waals surface area (Å²) in [5, 5.41) is 12.7. The van der Waals surface area contributed by atoms with Crippen LogP contribution in [0.4, 0.5) is 13.2 Å². The Morgan fingerprint density at radius 1 is 1.37 bits per heavy atom. The van der Waals surface area contributed by atoms with Gasteiger partial charge in [-0.15, -0.1) is 0 Å². The van der Waals surface area contributed by atoms with Gasteiger partial charge in [0.15, 0.2) is 5.17 Å². The molecule has 0 bridgehead atoms. The Bertz CT molecular complexity index is 954. The quantitative estimate of drug-likeness (QED) is 0.755. The van der Waals surface area contributed by atoms with Crippen LogP contribution in [-0.4, -0.2) is 42.2 Å². The minimum Gasteiger partial charge on any atom is -0.496 e. The van der Waals surface area contributed by atoms with Crippen LogP contribution >= 0.6 is 11.8 Å². The number of carbonyl (C=O) groups excluding carboxylic acids is 1. The highest BCUT2D eigenvalue weighted by atomic mass is 32.2. The monoisotopic (exact) mass is 438 g/mol. The predicted octanol–water partition coefficient (Wildman–Crippen LogP) is 3.39. The maximum Gasteiger partial charge on any atom is 0.416 e. The van der Waals surface area contributed by atoms with Gasteiger partial charge in [-0.1, -0.05) is 11.8 Å². The second-order valence-corrected chi connectivity index (χ2v) is 8.40. The average molecular weight is 438 g/mol. The van der Waals surface area contributed by atoms with Crippen molar-refractivity contribution in [2.45, 2.75) is 24.4 Å². The Labute approximate surface area is 176 Å². The second kappa shape index (κ2) is 7.90. The van der Waals surface area contributed by atoms with E-state index < -0.39 is 17.6 Å². The average Bonchev–Trinajstić information content (AvgIpc) is 3.49. The molecule has 0 aromatic heterocycles. The van der Waals surface area contributed by atoms with Crippen LogP contribution in [0.15, 0.2) is 41.1 Å². The predicted molar refractivity (Wildman–Crippen MR) is 110 cm³/mol. The van der Waals surface area contributed by atoms with Gasteiger partial charge in [0.25, 0.3) is 5.91 Å². The van der Waals surface area contributed by atoms with Crippen molar-refractivity contribution in [1.82, 2.24) is 15.6 Å². The molecule has 1 atom stereocenters. The first-order valence-electron chi connectivity index (χ1n) is 9.46. The Balaban J connectivity index is 1.64. The number of alkyl halides is 3. The molecule has 10 heteroatoms. The highest BCUT2D eigenvalue weighted by Gasteiger charge is 2.39. The molecule has 4 rings (SSSR count). The molecule has 2 N–H and O–H groups in total. The van der Waals surface area contributed by atoms with Crippen molar-refractivity contribution in [3.8, 4) is 5.75 Å². The first-order valence-corrected chi connectivity index (χ1v) is 10.3. The molecule has 1 aromatic rings. The largest absolute Gasteiger partial charge is 0.496 e. The van der Waals surface area contributed by atoms with Crippen molar-refractivity contribution in [2.24, 2.45) is 11.0 Å². The molecule has 30 heavy (non-hydrogen) atoms. The van der Waals surface area contributed by atoms with Crippen LogP contribution in [0.25, 0.3) is 5.57 Å². The fourth-order valence-corrected chi connectivity index (χ4v) is 4.71. The van der Waals surface area contributed by atoms with Gasteiger partial charge in [-0.3, -0.25) is 15.1 Å². The van der Waals surface area contributed by atoms with Crippen LogP contribution in [0, 0.1) is 5.92 Å². The van der Waals surface area contributed by atoms with E-state index in [-0.39, 0.29) is 28.8 Å². The lowest BCUT2D eigenvalue weighted by Crippen LogP contribution is -2.31. The number of methoxy groups -OCH3 is 1. The van der Waals surface area contributed by atoms with E-state index in [1.807, 2.05) is 12.1 Å². The molecule has 2 heterocycles. The topological polar surface area (TPSA) is 66.0 Å². The summed E-state index contributed by atoms with van der Waals surface area (Å²) >= 11 is 1.50. The summed E-state index contributed by atoms with van der Waals surface area (Å²) in [7, 11) is 3.26. The van der Waals surface area contributed by atoms with Gasteiger partial charge < -0.3 is 10.1 Å². The molecular weight excluding hydrogens is 417 g/mol. The van der Waals surface area contributed by atoms with Crippen molar-refractivity contribution in [2.75, 3.05) is 20.7 Å². The van der Waals surface area contributed by atoms with Crippen LogP contribution in [0.5, 0.6) is 5.75 Å². The van der Waals surface area contributed by atoms with Crippen molar-refractivity contribution < 1.29 is 22.7 Å². The number of hydrogen-bond acceptors (Lipinski definition) is 6. The molecule has 1 aliphatic carbocycles. The molecule has 3 aliphatic rings. The summed E-state index contributed by atoms with van der Waals surface area (Å²) in [6, 6.07) is 3.25. The van der Waals surface area contributed by atoms with Gasteiger partial charge in [-0.25, -0.2) is 0 Å². The number of nitrogens with one attached hydrogen (secondary N) is 2. The zero-order valence-electron chi connectivity index (χ0n) is 16.4. The molecule has 2 aliphatic heterocycles. The summed E-state index contributed by atoms with van der Waals surface area (Å²) in [5.41, 5.74) is 0.119. The molecule has 0 radical (unpaired) electrons. The normalized spacial score (nSPS) is 21.4. The molecule has 1 unspecified atom stereocenters. The number of nitrogens with zero attached hydrogens (tertiary/aromatic N) is 2. The lowest BCUT2D eigenvalue weighted by Gasteiger charge is -2.20. The number of hydrazone groups is 1. The highest BCUT2D eigenvalue weighted by molar-refractivity contribution is 8.14. The summed E-state index contributed by atoms with van der Waals surface area (Å²) in [5.74, 6) is 0.417. The standard InChI is InChI=1S/C20H21F3N4O2S/c1-27-18(11-3-4-11)30-19(26-27)25-17(28)13-7-8-24-10-15(13)14-9-12(20(21,22)23)5-6-16(14)29-2/h5-9,11,18,24H,3-4,10H2,1-2H3,(H,25,26,28). The summed E-state index contributed by atoms with van der Waals surface area (Å²) < 4.78 is 45.0. The van der Waals surface area contributed by atoms with Gasteiger partial charge in [0, 0.05) is 24.7 Å². The fourth-order valence-electron chi connectivity index (χ4n) is 3.49. The Morgan fingerprint density at radius 2 is 2.13 bits per heavy atom. The number of amidine groups is 1. The van der Waals surface area contributed by atoms with Crippen molar-refractivity contribution >= 4 is 28.4 Å². The Hall–Kier alpha value is -2.62. The van der Waals surface area contributed by atoms with E-state index >= 15 is 0 Å². The van der Waals surface area contributed by atoms with Gasteiger partial charge in [0.1, 0.15) is 11.1 Å². The number of benzene rings is 1. The zero-order valence-corrected chi connectivity index (χ0v) is 17.2. The number of ether oxygens (including phenoxy) is 1. The van der Waals surface area contributed by atoms with Gasteiger partial charge in [-0.2, -0.15) is 18.3 Å². The lowest BCUT2D eigenvalue weighted by molar-refractivity contribution is -0.137. The number of hydrogen-bond donors (Lipinski definition) is 2. The van der Waals surface area contributed by atoms with Crippen LogP contribution in [0.3, 0.4) is 0 Å². The number of amides is 1. The first kappa shape index (κ1) is 20.6. The minimum atomic E-state index is -4.50. The molecule has 1 aromatic carbocycles. The molecule has 0 saturated heterocycles. The molecule has 1 fully saturated rings. The first-order chi connectivity index (χ1) is 14.3. The third-order valence-corrected chi connectivity index (χ3v) is 6.50. The van der Waals surface area contributed by atoms with Crippen LogP contribution in [0.1, 0.15) is 24.0 Å². The van der Waals surface area contributed by atoms with Crippen LogP contribution < -0.4 is 15.4 Å². The molecule has 1 amide bonds. The van der Waals surface area contributed by atoms with Crippen molar-refractivity contribution in [3.63, 3.8) is 0 Å². The maximum atomic E-state index is 13.3. The Kier molecular flexibility index (Phi) is 5.44. The third-order valence-electron chi connectivity index (χ3n) is 5.16. The fraction of sp³-hybridized carbons (Fsp3) is 0.400. The number of rotatable bonds is 4. The SMILES string of the molecule is COc1ccc(C(F)(F)F)cc1C1=C(C(=O)NC2=NN(C)C(C3CC3)S2)C=CNC1. The lowest BCUT2D eigenvalue weighted by atomic mass is 9.94. The molecule has 6 nitrogen and oxygen atoms in total. The molecule has 1 saturated carbocycles. The minimum absolute atomic E-state index is 0.196. The van der Waals surface area contributed by atoms with E-state index in [4.69, 9.17) is 4.74 Å². The van der Waals surface area contributed by atoms with E-state index in [2.05, 4.69) is 15.7 Å². The smallest absolute Gasteiger partial charge is 0.416 e. The number of dihydropyridines is 1. The zero-order chi connectivity index (χ0) is 21.5. The van der Waals surface area contributed by atoms with Crippen LogP contribution in [-0.2, 0) is 11.0 Å². The maximum absolute atomic E-state index is 13.3. The van der Waals surface area contributed by atoms with Gasteiger partial charge in [0.05, 0.1) is 12.7 Å². The summed E-state index contributed by atoms with van der Waals surface area (Å²) in [6.07, 6.45) is 0.951. The molecule has 0 spiro atoms. The van der Waals surface area contributed by atoms with Crippen molar-refractivity contribution in [3.05, 3.63) is 47.2 Å². The van der Waals surface area contributed by atoms with Gasteiger partial charge in [0.2, 0.25) is 0 Å². The van der Waals surface area contributed by atoms with E-state index in [1.54, 1.807) is 12.3 Å². The van der Waals surface area contributed by atoms with E-state index in [0.717, 1.165) is 25.0 Å². The third kappa shape index (κ3) is 4.14. The van der Waals surface area contributed by atoms with Gasteiger partial charge in [-0.05, 0) is 54.8 Å². The number of carbonyl (C=O) groups is 1. The molecular formula is C20H21F3N4O2S. The number of thioether (sulfide) groups is 1. The summed E-state index contributed by atoms with van der Waals surface area (Å²) in [6.45, 7) is 0.196. The summed E-state index contributed by atoms with van der Waals surface area (Å²) in [4.78, 5) is 13.0. The second-order valence-electron chi connectivity index (χ2n) is 7.30. The van der Waals surface area contributed by atoms with Crippen molar-refractivity contribution in [1.29, 1.82) is 0 Å². The number of halogens is 3. The van der Waals surface area contributed by atoms with Crippen LogP contribution in [0.2, 0.25) is 0 Å². The Morgan fingerprint density at radius 3 is 2.80 bits per heavy atom. The highest BCUT2D eigenvalue weighted by Crippen LogP contribution is 2.43.